The number of nitrogens with two attached hydrogens (primary N) is 1. The van der Waals surface area contributed by atoms with Gasteiger partial charge < -0.3 is 15.4 Å². The summed E-state index contributed by atoms with van der Waals surface area (Å²) in [7, 11) is 1.63. The van der Waals surface area contributed by atoms with Gasteiger partial charge in [-0.1, -0.05) is 25.1 Å². The molecule has 0 saturated carbocycles. The molecule has 20 heavy (non-hydrogen) atoms. The number of nitrogens with zero attached hydrogens (tertiary/aromatic N) is 2. The first kappa shape index (κ1) is 14.2. The summed E-state index contributed by atoms with van der Waals surface area (Å²) in [5.41, 5.74) is 7.81. The highest BCUT2D eigenvalue weighted by Gasteiger charge is 2.09. The van der Waals surface area contributed by atoms with E-state index >= 15 is 0 Å². The second-order valence-electron chi connectivity index (χ2n) is 4.70. The minimum atomic E-state index is 0.635. The summed E-state index contributed by atoms with van der Waals surface area (Å²) in [6.07, 6.45) is 1.06. The van der Waals surface area contributed by atoms with Crippen molar-refractivity contribution in [1.82, 2.24) is 4.98 Å². The van der Waals surface area contributed by atoms with Crippen molar-refractivity contribution in [3.05, 3.63) is 48.0 Å². The Balaban J connectivity index is 2.21. The zero-order valence-corrected chi connectivity index (χ0v) is 12.0. The van der Waals surface area contributed by atoms with Gasteiger partial charge in [0.05, 0.1) is 7.11 Å². The fourth-order valence-electron chi connectivity index (χ4n) is 2.15. The Morgan fingerprint density at radius 1 is 1.20 bits per heavy atom. The van der Waals surface area contributed by atoms with Crippen LogP contribution in [0.15, 0.2) is 42.5 Å². The van der Waals surface area contributed by atoms with Gasteiger partial charge >= 0.3 is 0 Å². The van der Waals surface area contributed by atoms with Gasteiger partial charge in [0.1, 0.15) is 5.82 Å². The highest BCUT2D eigenvalue weighted by molar-refractivity contribution is 5.45. The molecule has 0 aliphatic carbocycles. The van der Waals surface area contributed by atoms with Crippen LogP contribution in [-0.4, -0.2) is 18.6 Å². The maximum absolute atomic E-state index is 5.84. The molecule has 2 rings (SSSR count). The number of rotatable bonds is 6. The summed E-state index contributed by atoms with van der Waals surface area (Å²) in [4.78, 5) is 6.73. The van der Waals surface area contributed by atoms with Crippen molar-refractivity contribution in [2.75, 3.05) is 24.3 Å². The van der Waals surface area contributed by atoms with Crippen LogP contribution in [0.5, 0.6) is 5.88 Å². The third-order valence-electron chi connectivity index (χ3n) is 3.06. The van der Waals surface area contributed by atoms with Crippen molar-refractivity contribution in [2.24, 2.45) is 0 Å². The predicted octanol–water partition coefficient (Wildman–Crippen LogP) is 3.09. The first-order chi connectivity index (χ1) is 9.72. The lowest BCUT2D eigenvalue weighted by Gasteiger charge is -2.23. The number of anilines is 2. The van der Waals surface area contributed by atoms with Gasteiger partial charge in [0.15, 0.2) is 0 Å². The van der Waals surface area contributed by atoms with Crippen molar-refractivity contribution < 1.29 is 4.74 Å². The molecule has 4 heteroatoms. The number of benzene rings is 1. The van der Waals surface area contributed by atoms with E-state index in [1.165, 1.54) is 5.56 Å². The molecular weight excluding hydrogens is 250 g/mol. The van der Waals surface area contributed by atoms with E-state index in [4.69, 9.17) is 10.5 Å². The average Bonchev–Trinajstić information content (AvgIpc) is 2.47. The van der Waals surface area contributed by atoms with Gasteiger partial charge in [0, 0.05) is 24.8 Å². The molecule has 0 unspecified atom stereocenters. The highest BCUT2D eigenvalue weighted by Crippen LogP contribution is 2.19. The normalized spacial score (nSPS) is 10.3. The standard InChI is InChI=1S/C16H21N3O/c1-3-10-19(12-13-6-4-7-14(17)11-13)15-8-5-9-16(18-15)20-2/h4-9,11H,3,10,12,17H2,1-2H3. The van der Waals surface area contributed by atoms with Crippen LogP contribution in [-0.2, 0) is 6.54 Å². The Labute approximate surface area is 120 Å². The molecule has 0 saturated heterocycles. The summed E-state index contributed by atoms with van der Waals surface area (Å²) in [5.74, 6) is 1.56. The number of ether oxygens (including phenoxy) is 1. The van der Waals surface area contributed by atoms with E-state index in [2.05, 4.69) is 22.9 Å². The van der Waals surface area contributed by atoms with Crippen LogP contribution in [0, 0.1) is 0 Å². The molecule has 106 valence electrons. The predicted molar refractivity (Wildman–Crippen MR) is 83.0 cm³/mol. The quantitative estimate of drug-likeness (QED) is 0.820. The topological polar surface area (TPSA) is 51.4 Å². The summed E-state index contributed by atoms with van der Waals surface area (Å²) < 4.78 is 5.19. The summed E-state index contributed by atoms with van der Waals surface area (Å²) in [5, 5.41) is 0. The van der Waals surface area contributed by atoms with Gasteiger partial charge in [0.25, 0.3) is 0 Å². The smallest absolute Gasteiger partial charge is 0.214 e. The first-order valence-corrected chi connectivity index (χ1v) is 6.83. The lowest BCUT2D eigenvalue weighted by atomic mass is 10.2. The van der Waals surface area contributed by atoms with Crippen LogP contribution in [0.4, 0.5) is 11.5 Å². The minimum absolute atomic E-state index is 0.635. The summed E-state index contributed by atoms with van der Waals surface area (Å²) >= 11 is 0. The Hall–Kier alpha value is -2.23. The van der Waals surface area contributed by atoms with Gasteiger partial charge in [-0.25, -0.2) is 0 Å². The van der Waals surface area contributed by atoms with Gasteiger partial charge in [0.2, 0.25) is 5.88 Å². The molecule has 0 radical (unpaired) electrons. The van der Waals surface area contributed by atoms with Crippen molar-refractivity contribution >= 4 is 11.5 Å². The van der Waals surface area contributed by atoms with Crippen LogP contribution in [0.1, 0.15) is 18.9 Å². The second-order valence-corrected chi connectivity index (χ2v) is 4.70. The molecule has 0 atom stereocenters. The summed E-state index contributed by atoms with van der Waals surface area (Å²) in [6.45, 7) is 3.89. The molecule has 0 spiro atoms. The first-order valence-electron chi connectivity index (χ1n) is 6.83. The molecule has 1 heterocycles. The Kier molecular flexibility index (Phi) is 4.82. The lowest BCUT2D eigenvalue weighted by Crippen LogP contribution is -2.24. The SMILES string of the molecule is CCCN(Cc1cccc(N)c1)c1cccc(OC)n1. The van der Waals surface area contributed by atoms with Crippen LogP contribution < -0.4 is 15.4 Å². The molecule has 1 aromatic heterocycles. The molecular formula is C16H21N3O. The Morgan fingerprint density at radius 2 is 2.00 bits per heavy atom. The average molecular weight is 271 g/mol. The number of hydrogen-bond donors (Lipinski definition) is 1. The zero-order valence-electron chi connectivity index (χ0n) is 12.0. The monoisotopic (exact) mass is 271 g/mol. The maximum atomic E-state index is 5.84. The van der Waals surface area contributed by atoms with E-state index in [-0.39, 0.29) is 0 Å². The van der Waals surface area contributed by atoms with E-state index in [0.717, 1.165) is 31.0 Å². The van der Waals surface area contributed by atoms with Crippen molar-refractivity contribution in [3.8, 4) is 5.88 Å². The number of hydrogen-bond acceptors (Lipinski definition) is 4. The van der Waals surface area contributed by atoms with Crippen LogP contribution in [0.3, 0.4) is 0 Å². The molecule has 0 amide bonds. The largest absolute Gasteiger partial charge is 0.481 e. The molecule has 2 N–H and O–H groups in total. The van der Waals surface area contributed by atoms with E-state index in [0.29, 0.717) is 5.88 Å². The van der Waals surface area contributed by atoms with Crippen molar-refractivity contribution in [2.45, 2.75) is 19.9 Å². The van der Waals surface area contributed by atoms with Crippen LogP contribution in [0.2, 0.25) is 0 Å². The number of nitrogen functional groups attached to an aromatic ring is 1. The third-order valence-corrected chi connectivity index (χ3v) is 3.06. The van der Waals surface area contributed by atoms with E-state index in [1.807, 2.05) is 36.4 Å². The summed E-state index contributed by atoms with van der Waals surface area (Å²) in [6, 6.07) is 13.8. The van der Waals surface area contributed by atoms with E-state index in [9.17, 15) is 0 Å². The minimum Gasteiger partial charge on any atom is -0.481 e. The molecule has 4 nitrogen and oxygen atoms in total. The highest BCUT2D eigenvalue weighted by atomic mass is 16.5. The number of methoxy groups -OCH3 is 1. The second kappa shape index (κ2) is 6.80. The van der Waals surface area contributed by atoms with Crippen molar-refractivity contribution in [1.29, 1.82) is 0 Å². The third kappa shape index (κ3) is 3.63. The molecule has 1 aromatic carbocycles. The Morgan fingerprint density at radius 3 is 2.70 bits per heavy atom. The molecule has 0 aliphatic heterocycles. The molecule has 0 fully saturated rings. The fourth-order valence-corrected chi connectivity index (χ4v) is 2.15. The number of pyridine rings is 1. The van der Waals surface area contributed by atoms with Gasteiger partial charge in [-0.15, -0.1) is 0 Å². The zero-order chi connectivity index (χ0) is 14.4. The number of aromatic nitrogens is 1. The lowest BCUT2D eigenvalue weighted by molar-refractivity contribution is 0.397. The van der Waals surface area contributed by atoms with E-state index < -0.39 is 0 Å². The fraction of sp³-hybridized carbons (Fsp3) is 0.312. The molecule has 0 aliphatic rings. The van der Waals surface area contributed by atoms with Crippen LogP contribution >= 0.6 is 0 Å². The molecule has 0 bridgehead atoms. The van der Waals surface area contributed by atoms with Crippen LogP contribution in [0.25, 0.3) is 0 Å². The van der Waals surface area contributed by atoms with E-state index in [1.54, 1.807) is 7.11 Å². The Bertz CT molecular complexity index is 557. The maximum Gasteiger partial charge on any atom is 0.214 e. The van der Waals surface area contributed by atoms with Crippen molar-refractivity contribution in [3.63, 3.8) is 0 Å². The van der Waals surface area contributed by atoms with Gasteiger partial charge in [-0.2, -0.15) is 4.98 Å². The van der Waals surface area contributed by atoms with Gasteiger partial charge in [-0.05, 0) is 30.2 Å². The van der Waals surface area contributed by atoms with Gasteiger partial charge in [-0.3, -0.25) is 0 Å². The molecule has 2 aromatic rings.